The Kier molecular flexibility index (Phi) is 8.72. The van der Waals surface area contributed by atoms with Crippen molar-refractivity contribution in [3.8, 4) is 5.75 Å². The van der Waals surface area contributed by atoms with Gasteiger partial charge in [-0.15, -0.1) is 0 Å². The van der Waals surface area contributed by atoms with Crippen LogP contribution in [0.1, 0.15) is 77.6 Å². The number of benzene rings is 1. The predicted octanol–water partition coefficient (Wildman–Crippen LogP) is 5.94. The molecule has 134 valence electrons. The predicted molar refractivity (Wildman–Crippen MR) is 101 cm³/mol. The van der Waals surface area contributed by atoms with E-state index in [4.69, 9.17) is 4.74 Å². The van der Waals surface area contributed by atoms with Crippen LogP contribution in [0.4, 0.5) is 5.69 Å². The van der Waals surface area contributed by atoms with Crippen molar-refractivity contribution in [2.45, 2.75) is 77.6 Å². The largest absolute Gasteiger partial charge is 0.494 e. The van der Waals surface area contributed by atoms with Crippen molar-refractivity contribution >= 4 is 11.6 Å². The van der Waals surface area contributed by atoms with E-state index in [2.05, 4.69) is 12.2 Å². The van der Waals surface area contributed by atoms with E-state index in [1.54, 1.807) is 0 Å². The van der Waals surface area contributed by atoms with Gasteiger partial charge in [0, 0.05) is 12.1 Å². The third-order valence-electron chi connectivity index (χ3n) is 4.92. The minimum atomic E-state index is 0.108. The van der Waals surface area contributed by atoms with Crippen LogP contribution in [-0.4, -0.2) is 12.5 Å². The minimum Gasteiger partial charge on any atom is -0.494 e. The Bertz CT molecular complexity index is 463. The second-order valence-electron chi connectivity index (χ2n) is 7.02. The molecule has 1 fully saturated rings. The first kappa shape index (κ1) is 18.8. The molecule has 0 saturated heterocycles. The Morgan fingerprint density at radius 1 is 1.08 bits per heavy atom. The average molecular weight is 332 g/mol. The van der Waals surface area contributed by atoms with Gasteiger partial charge < -0.3 is 10.1 Å². The zero-order valence-electron chi connectivity index (χ0n) is 15.2. The van der Waals surface area contributed by atoms with Gasteiger partial charge in [0.05, 0.1) is 6.61 Å². The first-order chi connectivity index (χ1) is 11.8. The number of carbonyl (C=O) groups excluding carboxylic acids is 1. The van der Waals surface area contributed by atoms with Crippen LogP contribution in [0.2, 0.25) is 0 Å². The van der Waals surface area contributed by atoms with Crippen LogP contribution in [0.5, 0.6) is 5.75 Å². The van der Waals surface area contributed by atoms with Gasteiger partial charge in [-0.25, -0.2) is 0 Å². The zero-order chi connectivity index (χ0) is 17.0. The number of unbranched alkanes of at least 4 members (excludes halogenated alkanes) is 3. The Morgan fingerprint density at radius 2 is 1.83 bits per heavy atom. The molecule has 3 heteroatoms. The van der Waals surface area contributed by atoms with Crippen LogP contribution in [-0.2, 0) is 4.79 Å². The number of carbonyl (C=O) groups is 1. The fourth-order valence-electron chi connectivity index (χ4n) is 3.39. The first-order valence-corrected chi connectivity index (χ1v) is 9.80. The Morgan fingerprint density at radius 3 is 2.54 bits per heavy atom. The molecule has 0 unspecified atom stereocenters. The van der Waals surface area contributed by atoms with Gasteiger partial charge in [0.15, 0.2) is 0 Å². The third-order valence-corrected chi connectivity index (χ3v) is 4.92. The van der Waals surface area contributed by atoms with E-state index >= 15 is 0 Å². The Balaban J connectivity index is 1.63. The summed E-state index contributed by atoms with van der Waals surface area (Å²) in [5.41, 5.74) is 0.857. The van der Waals surface area contributed by atoms with E-state index in [0.717, 1.165) is 43.2 Å². The second kappa shape index (κ2) is 11.1. The number of hydrogen-bond donors (Lipinski definition) is 1. The lowest BCUT2D eigenvalue weighted by Crippen LogP contribution is -2.11. The first-order valence-electron chi connectivity index (χ1n) is 9.80. The van der Waals surface area contributed by atoms with Gasteiger partial charge in [0.2, 0.25) is 5.91 Å². The van der Waals surface area contributed by atoms with Gasteiger partial charge in [-0.1, -0.05) is 58.3 Å². The molecule has 1 amide bonds. The monoisotopic (exact) mass is 331 g/mol. The van der Waals surface area contributed by atoms with Crippen LogP contribution in [0.3, 0.4) is 0 Å². The summed E-state index contributed by atoms with van der Waals surface area (Å²) in [5.74, 6) is 1.86. The van der Waals surface area contributed by atoms with Crippen LogP contribution in [0, 0.1) is 5.92 Å². The Labute approximate surface area is 147 Å². The van der Waals surface area contributed by atoms with Gasteiger partial charge in [-0.3, -0.25) is 4.79 Å². The number of ether oxygens (including phenoxy) is 1. The second-order valence-corrected chi connectivity index (χ2v) is 7.02. The maximum atomic E-state index is 11.9. The fraction of sp³-hybridized carbons (Fsp3) is 0.667. The van der Waals surface area contributed by atoms with Crippen molar-refractivity contribution in [2.24, 2.45) is 5.92 Å². The van der Waals surface area contributed by atoms with Crippen molar-refractivity contribution in [1.29, 1.82) is 0 Å². The fourth-order valence-corrected chi connectivity index (χ4v) is 3.39. The molecular formula is C21H33NO2. The maximum absolute atomic E-state index is 11.9. The highest BCUT2D eigenvalue weighted by Crippen LogP contribution is 2.26. The van der Waals surface area contributed by atoms with Gasteiger partial charge in [0.25, 0.3) is 0 Å². The summed E-state index contributed by atoms with van der Waals surface area (Å²) in [7, 11) is 0. The van der Waals surface area contributed by atoms with E-state index in [1.807, 2.05) is 24.3 Å². The molecule has 1 saturated carbocycles. The number of rotatable bonds is 10. The zero-order valence-corrected chi connectivity index (χ0v) is 15.2. The van der Waals surface area contributed by atoms with E-state index < -0.39 is 0 Å². The molecule has 1 aromatic carbocycles. The molecular weight excluding hydrogens is 298 g/mol. The summed E-state index contributed by atoms with van der Waals surface area (Å²) in [6, 6.07) is 7.76. The van der Waals surface area contributed by atoms with Crippen LogP contribution in [0.25, 0.3) is 0 Å². The molecule has 2 rings (SSSR count). The van der Waals surface area contributed by atoms with E-state index in [9.17, 15) is 4.79 Å². The number of hydrogen-bond acceptors (Lipinski definition) is 2. The van der Waals surface area contributed by atoms with Crippen LogP contribution < -0.4 is 10.1 Å². The lowest BCUT2D eigenvalue weighted by molar-refractivity contribution is -0.116. The minimum absolute atomic E-state index is 0.108. The highest BCUT2D eigenvalue weighted by atomic mass is 16.5. The number of nitrogens with one attached hydrogen (secondary N) is 1. The molecule has 1 aliphatic carbocycles. The average Bonchev–Trinajstić information content (AvgIpc) is 2.61. The van der Waals surface area contributed by atoms with Crippen LogP contribution >= 0.6 is 0 Å². The molecule has 0 bridgehead atoms. The third kappa shape index (κ3) is 7.37. The maximum Gasteiger partial charge on any atom is 0.224 e. The molecule has 1 aromatic rings. The molecule has 0 atom stereocenters. The molecule has 0 radical (unpaired) electrons. The molecule has 0 heterocycles. The van der Waals surface area contributed by atoms with E-state index in [0.29, 0.717) is 6.42 Å². The smallest absolute Gasteiger partial charge is 0.224 e. The van der Waals surface area contributed by atoms with Gasteiger partial charge in [-0.2, -0.15) is 0 Å². The summed E-state index contributed by atoms with van der Waals surface area (Å²) in [4.78, 5) is 11.9. The van der Waals surface area contributed by atoms with Crippen LogP contribution in [0.15, 0.2) is 24.3 Å². The summed E-state index contributed by atoms with van der Waals surface area (Å²) < 4.78 is 5.85. The van der Waals surface area contributed by atoms with Crippen molar-refractivity contribution < 1.29 is 9.53 Å². The van der Waals surface area contributed by atoms with E-state index in [-0.39, 0.29) is 5.91 Å². The molecule has 24 heavy (non-hydrogen) atoms. The van der Waals surface area contributed by atoms with Crippen molar-refractivity contribution in [3.05, 3.63) is 24.3 Å². The highest BCUT2D eigenvalue weighted by molar-refractivity contribution is 5.90. The standard InChI is InChI=1S/C21H33NO2/c1-2-3-4-8-11-21(23)22-19-12-14-20(15-13-19)24-17-16-18-9-6-5-7-10-18/h12-15,18H,2-11,16-17H2,1H3,(H,22,23). The summed E-state index contributed by atoms with van der Waals surface area (Å²) in [5, 5.41) is 2.96. The SMILES string of the molecule is CCCCCCC(=O)Nc1ccc(OCCC2CCCCC2)cc1. The van der Waals surface area contributed by atoms with Gasteiger partial charge in [-0.05, 0) is 43.0 Å². The van der Waals surface area contributed by atoms with Crippen molar-refractivity contribution in [2.75, 3.05) is 11.9 Å². The molecule has 1 aliphatic rings. The molecule has 0 spiro atoms. The quantitative estimate of drug-likeness (QED) is 0.538. The normalized spacial score (nSPS) is 15.2. The van der Waals surface area contributed by atoms with Gasteiger partial charge in [0.1, 0.15) is 5.75 Å². The number of amides is 1. The lowest BCUT2D eigenvalue weighted by Gasteiger charge is -2.21. The summed E-state index contributed by atoms with van der Waals surface area (Å²) in [6.45, 7) is 2.98. The number of anilines is 1. The molecule has 3 nitrogen and oxygen atoms in total. The lowest BCUT2D eigenvalue weighted by atomic mass is 9.87. The summed E-state index contributed by atoms with van der Waals surface area (Å²) in [6.07, 6.45) is 13.2. The van der Waals surface area contributed by atoms with Crippen molar-refractivity contribution in [3.63, 3.8) is 0 Å². The topological polar surface area (TPSA) is 38.3 Å². The highest BCUT2D eigenvalue weighted by Gasteiger charge is 2.13. The van der Waals surface area contributed by atoms with Crippen molar-refractivity contribution in [1.82, 2.24) is 0 Å². The van der Waals surface area contributed by atoms with E-state index in [1.165, 1.54) is 44.9 Å². The molecule has 1 N–H and O–H groups in total. The van der Waals surface area contributed by atoms with Gasteiger partial charge >= 0.3 is 0 Å². The molecule has 0 aliphatic heterocycles. The Hall–Kier alpha value is -1.51. The summed E-state index contributed by atoms with van der Waals surface area (Å²) >= 11 is 0. The molecule has 0 aromatic heterocycles.